The second kappa shape index (κ2) is 16.5. The number of anilines is 2. The van der Waals surface area contributed by atoms with Gasteiger partial charge in [0, 0.05) is 62.2 Å². The molecule has 53 heavy (non-hydrogen) atoms. The molecule has 3 amide bonds. The van der Waals surface area contributed by atoms with Gasteiger partial charge in [0.05, 0.1) is 64.5 Å². The largest absolute Gasteiger partial charge is 0.495 e. The van der Waals surface area contributed by atoms with Crippen molar-refractivity contribution in [2.75, 3.05) is 70.9 Å². The van der Waals surface area contributed by atoms with Crippen LogP contribution in [-0.4, -0.2) is 109 Å². The van der Waals surface area contributed by atoms with Gasteiger partial charge < -0.3 is 24.4 Å². The summed E-state index contributed by atoms with van der Waals surface area (Å²) in [7, 11) is 3.05. The number of nitriles is 1. The molecule has 1 aromatic heterocycles. The van der Waals surface area contributed by atoms with Gasteiger partial charge in [0.15, 0.2) is 11.5 Å². The maximum atomic E-state index is 13.7. The summed E-state index contributed by atoms with van der Waals surface area (Å²) in [4.78, 5) is 49.9. The molecule has 1 fully saturated rings. The van der Waals surface area contributed by atoms with Gasteiger partial charge in [-0.25, -0.2) is 0 Å². The van der Waals surface area contributed by atoms with Gasteiger partial charge in [0.2, 0.25) is 5.91 Å². The summed E-state index contributed by atoms with van der Waals surface area (Å²) >= 11 is 14.1. The average molecular weight is 778 g/mol. The number of aromatic nitrogens is 1. The molecular weight excluding hydrogens is 739 g/mol. The molecule has 1 saturated heterocycles. The van der Waals surface area contributed by atoms with E-state index in [9.17, 15) is 19.6 Å². The lowest BCUT2D eigenvalue weighted by Gasteiger charge is -2.37. The molecule has 0 radical (unpaired) electrons. The van der Waals surface area contributed by atoms with Crippen LogP contribution in [-0.2, 0) is 4.79 Å². The van der Waals surface area contributed by atoms with Crippen molar-refractivity contribution in [1.29, 1.82) is 5.26 Å². The molecule has 2 aliphatic heterocycles. The molecule has 3 aromatic carbocycles. The average Bonchev–Trinajstić information content (AvgIpc) is 3.40. The SMILES string of the molecule is COc1cc(Nc2c(C#N)cnc3cc(OCCCN4CCN(C(=O)C(CSC)N5C(=O)c6ccc(C)cc6C5=O)CC4)c(OC)cc23)c(Cl)cc1Cl. The number of thioether (sulfide) groups is 1. The van der Waals surface area contributed by atoms with E-state index in [0.29, 0.717) is 111 Å². The number of nitrogens with one attached hydrogen (secondary N) is 1. The lowest BCUT2D eigenvalue weighted by atomic mass is 10.1. The van der Waals surface area contributed by atoms with E-state index in [2.05, 4.69) is 21.3 Å². The van der Waals surface area contributed by atoms with Crippen molar-refractivity contribution < 1.29 is 28.6 Å². The Hall–Kier alpha value is -4.74. The Labute approximate surface area is 321 Å². The monoisotopic (exact) mass is 776 g/mol. The summed E-state index contributed by atoms with van der Waals surface area (Å²) in [5, 5.41) is 14.5. The van der Waals surface area contributed by atoms with Crippen molar-refractivity contribution in [2.45, 2.75) is 19.4 Å². The maximum Gasteiger partial charge on any atom is 0.262 e. The van der Waals surface area contributed by atoms with Crippen LogP contribution in [0.1, 0.15) is 38.3 Å². The Kier molecular flexibility index (Phi) is 11.8. The molecule has 0 spiro atoms. The first kappa shape index (κ1) is 38.0. The summed E-state index contributed by atoms with van der Waals surface area (Å²) in [6, 6.07) is 13.3. The second-order valence-electron chi connectivity index (χ2n) is 12.6. The molecule has 2 aliphatic rings. The molecule has 15 heteroatoms. The molecule has 276 valence electrons. The minimum absolute atomic E-state index is 0.207. The standard InChI is InChI=1S/C38H38Cl2N6O6S/c1-22-6-7-24-25(14-22)37(48)46(36(24)47)31(21-53-4)38(49)45-11-9-44(10-12-45)8-5-13-52-34-17-29-26(15-33(34)51-3)35(23(19-41)20-42-29)43-30-18-32(50-2)28(40)16-27(30)39/h6-7,14-18,20,31H,5,8-13,21H2,1-4H3,(H,42,43). The number of hydrogen-bond acceptors (Lipinski definition) is 11. The van der Waals surface area contributed by atoms with Crippen molar-refractivity contribution in [1.82, 2.24) is 19.7 Å². The first-order valence-electron chi connectivity index (χ1n) is 16.9. The van der Waals surface area contributed by atoms with Crippen molar-refractivity contribution in [3.8, 4) is 23.3 Å². The predicted molar refractivity (Wildman–Crippen MR) is 206 cm³/mol. The molecule has 6 rings (SSSR count). The number of nitrogens with zero attached hydrogens (tertiary/aromatic N) is 5. The number of rotatable bonds is 13. The summed E-state index contributed by atoms with van der Waals surface area (Å²) in [6.45, 7) is 5.31. The van der Waals surface area contributed by atoms with Crippen molar-refractivity contribution in [3.05, 3.63) is 81.0 Å². The zero-order chi connectivity index (χ0) is 37.8. The van der Waals surface area contributed by atoms with Gasteiger partial charge in [-0.05, 0) is 43.9 Å². The van der Waals surface area contributed by atoms with Crippen LogP contribution in [0.5, 0.6) is 17.2 Å². The number of ether oxygens (including phenoxy) is 3. The summed E-state index contributed by atoms with van der Waals surface area (Å²) < 4.78 is 17.2. The highest BCUT2D eigenvalue weighted by atomic mass is 35.5. The van der Waals surface area contributed by atoms with E-state index in [1.807, 2.05) is 13.2 Å². The van der Waals surface area contributed by atoms with Crippen LogP contribution in [0.4, 0.5) is 11.4 Å². The quantitative estimate of drug-likeness (QED) is 0.119. The van der Waals surface area contributed by atoms with Crippen LogP contribution in [0.25, 0.3) is 10.9 Å². The van der Waals surface area contributed by atoms with E-state index in [1.165, 1.54) is 25.1 Å². The zero-order valence-corrected chi connectivity index (χ0v) is 32.0. The number of carbonyl (C=O) groups is 3. The highest BCUT2D eigenvalue weighted by molar-refractivity contribution is 7.98. The molecule has 1 atom stereocenters. The molecule has 12 nitrogen and oxygen atoms in total. The van der Waals surface area contributed by atoms with Gasteiger partial charge in [-0.3, -0.25) is 29.2 Å². The van der Waals surface area contributed by atoms with Crippen molar-refractivity contribution >= 4 is 75.0 Å². The Balaban J connectivity index is 1.06. The van der Waals surface area contributed by atoms with Crippen molar-refractivity contribution in [3.63, 3.8) is 0 Å². The van der Waals surface area contributed by atoms with Gasteiger partial charge in [0.1, 0.15) is 17.9 Å². The molecule has 0 bridgehead atoms. The van der Waals surface area contributed by atoms with E-state index >= 15 is 0 Å². The van der Waals surface area contributed by atoms with Gasteiger partial charge in [-0.2, -0.15) is 17.0 Å². The number of hydrogen-bond donors (Lipinski definition) is 1. The summed E-state index contributed by atoms with van der Waals surface area (Å²) in [6.07, 6.45) is 4.06. The van der Waals surface area contributed by atoms with Gasteiger partial charge in [-0.1, -0.05) is 34.8 Å². The predicted octanol–water partition coefficient (Wildman–Crippen LogP) is 6.42. The highest BCUT2D eigenvalue weighted by Crippen LogP contribution is 2.40. The highest BCUT2D eigenvalue weighted by Gasteiger charge is 2.44. The fourth-order valence-electron chi connectivity index (χ4n) is 6.55. The fraction of sp³-hybridized carbons (Fsp3) is 0.342. The molecule has 0 aliphatic carbocycles. The Morgan fingerprint density at radius 2 is 1.72 bits per heavy atom. The third kappa shape index (κ3) is 7.82. The zero-order valence-electron chi connectivity index (χ0n) is 29.7. The number of halogens is 2. The topological polar surface area (TPSA) is 137 Å². The first-order valence-corrected chi connectivity index (χ1v) is 19.1. The number of pyridine rings is 1. The minimum Gasteiger partial charge on any atom is -0.495 e. The van der Waals surface area contributed by atoms with Crippen LogP contribution in [0, 0.1) is 18.3 Å². The van der Waals surface area contributed by atoms with E-state index in [-0.39, 0.29) is 5.91 Å². The Bertz CT molecular complexity index is 2120. The molecule has 0 saturated carbocycles. The third-order valence-corrected chi connectivity index (χ3v) is 10.6. The molecule has 4 aromatic rings. The van der Waals surface area contributed by atoms with Gasteiger partial charge in [0.25, 0.3) is 11.8 Å². The summed E-state index contributed by atoms with van der Waals surface area (Å²) in [5.41, 5.74) is 3.46. The lowest BCUT2D eigenvalue weighted by Crippen LogP contribution is -2.57. The van der Waals surface area contributed by atoms with E-state index in [4.69, 9.17) is 37.4 Å². The molecular formula is C38H38Cl2N6O6S. The second-order valence-corrected chi connectivity index (χ2v) is 14.4. The summed E-state index contributed by atoms with van der Waals surface area (Å²) in [5.74, 6) is 0.701. The number of amides is 3. The number of aryl methyl sites for hydroxylation is 1. The third-order valence-electron chi connectivity index (χ3n) is 9.33. The number of methoxy groups -OCH3 is 2. The fourth-order valence-corrected chi connectivity index (χ4v) is 7.67. The van der Waals surface area contributed by atoms with Crippen molar-refractivity contribution in [2.24, 2.45) is 0 Å². The van der Waals surface area contributed by atoms with E-state index in [1.54, 1.807) is 54.5 Å². The first-order chi connectivity index (χ1) is 25.6. The Morgan fingerprint density at radius 1 is 0.981 bits per heavy atom. The molecule has 1 N–H and O–H groups in total. The van der Waals surface area contributed by atoms with Gasteiger partial charge in [-0.15, -0.1) is 0 Å². The van der Waals surface area contributed by atoms with Gasteiger partial charge >= 0.3 is 0 Å². The Morgan fingerprint density at radius 3 is 2.42 bits per heavy atom. The normalized spacial score (nSPS) is 15.0. The maximum absolute atomic E-state index is 13.7. The molecule has 1 unspecified atom stereocenters. The number of benzene rings is 3. The number of imide groups is 1. The van der Waals surface area contributed by atoms with Crippen LogP contribution in [0.3, 0.4) is 0 Å². The number of piperazine rings is 1. The number of fused-ring (bicyclic) bond motifs is 2. The van der Waals surface area contributed by atoms with Crippen LogP contribution < -0.4 is 19.5 Å². The van der Waals surface area contributed by atoms with Crippen LogP contribution in [0.15, 0.2) is 48.7 Å². The molecule has 3 heterocycles. The van der Waals surface area contributed by atoms with Crippen LogP contribution >= 0.6 is 35.0 Å². The number of carbonyl (C=O) groups excluding carboxylic acids is 3. The van der Waals surface area contributed by atoms with E-state index < -0.39 is 17.9 Å². The smallest absolute Gasteiger partial charge is 0.262 e. The minimum atomic E-state index is -0.860. The van der Waals surface area contributed by atoms with Crippen LogP contribution in [0.2, 0.25) is 10.0 Å². The van der Waals surface area contributed by atoms with E-state index in [0.717, 1.165) is 17.0 Å². The lowest BCUT2D eigenvalue weighted by molar-refractivity contribution is -0.136.